The van der Waals surface area contributed by atoms with Gasteiger partial charge in [0, 0.05) is 17.7 Å². The molecule has 0 amide bonds. The molecule has 0 saturated carbocycles. The molecule has 0 fully saturated rings. The summed E-state index contributed by atoms with van der Waals surface area (Å²) in [6.45, 7) is 0. The molecule has 0 aliphatic heterocycles. The van der Waals surface area contributed by atoms with Gasteiger partial charge in [0.2, 0.25) is 0 Å². The summed E-state index contributed by atoms with van der Waals surface area (Å²) < 4.78 is 36.6. The van der Waals surface area contributed by atoms with Crippen LogP contribution in [0.2, 0.25) is 0 Å². The zero-order chi connectivity index (χ0) is 15.4. The summed E-state index contributed by atoms with van der Waals surface area (Å²) in [7, 11) is 3.11. The van der Waals surface area contributed by atoms with Crippen molar-refractivity contribution in [1.29, 1.82) is 0 Å². The van der Waals surface area contributed by atoms with Gasteiger partial charge >= 0.3 is 0 Å². The molecule has 2 rings (SSSR count). The van der Waals surface area contributed by atoms with Crippen LogP contribution in [0.15, 0.2) is 36.4 Å². The molecular formula is C16H17F2NO2. The second-order valence-corrected chi connectivity index (χ2v) is 4.67. The number of methoxy groups -OCH3 is 2. The average Bonchev–Trinajstić information content (AvgIpc) is 2.50. The fourth-order valence-electron chi connectivity index (χ4n) is 2.16. The average molecular weight is 293 g/mol. The van der Waals surface area contributed by atoms with E-state index in [1.807, 2.05) is 6.07 Å². The second kappa shape index (κ2) is 6.54. The van der Waals surface area contributed by atoms with Crippen molar-refractivity contribution in [2.75, 3.05) is 14.2 Å². The zero-order valence-corrected chi connectivity index (χ0v) is 11.9. The monoisotopic (exact) mass is 293 g/mol. The van der Waals surface area contributed by atoms with E-state index < -0.39 is 17.7 Å². The Balaban J connectivity index is 2.23. The van der Waals surface area contributed by atoms with Gasteiger partial charge in [-0.1, -0.05) is 12.1 Å². The van der Waals surface area contributed by atoms with Crippen molar-refractivity contribution in [2.45, 2.75) is 12.5 Å². The smallest absolute Gasteiger partial charge is 0.159 e. The third kappa shape index (κ3) is 3.49. The zero-order valence-electron chi connectivity index (χ0n) is 11.9. The molecule has 1 unspecified atom stereocenters. The van der Waals surface area contributed by atoms with Gasteiger partial charge < -0.3 is 15.2 Å². The summed E-state index contributed by atoms with van der Waals surface area (Å²) in [5, 5.41) is 0. The van der Waals surface area contributed by atoms with E-state index in [9.17, 15) is 8.78 Å². The molecule has 0 bridgehead atoms. The van der Waals surface area contributed by atoms with Gasteiger partial charge in [-0.25, -0.2) is 8.78 Å². The first-order valence-corrected chi connectivity index (χ1v) is 6.46. The van der Waals surface area contributed by atoms with E-state index in [1.54, 1.807) is 26.4 Å². The Hall–Kier alpha value is -2.14. The van der Waals surface area contributed by atoms with Crippen molar-refractivity contribution >= 4 is 0 Å². The topological polar surface area (TPSA) is 44.5 Å². The lowest BCUT2D eigenvalue weighted by atomic mass is 9.98. The van der Waals surface area contributed by atoms with Gasteiger partial charge in [-0.15, -0.1) is 0 Å². The summed E-state index contributed by atoms with van der Waals surface area (Å²) in [6.07, 6.45) is 0.375. The Morgan fingerprint density at radius 3 is 2.38 bits per heavy atom. The molecule has 21 heavy (non-hydrogen) atoms. The molecule has 2 N–H and O–H groups in total. The molecule has 0 spiro atoms. The molecule has 0 aliphatic rings. The summed E-state index contributed by atoms with van der Waals surface area (Å²) in [4.78, 5) is 0. The standard InChI is InChI=1S/C16H17F2NO2/c1-20-11-4-5-12(16(9-11)21-2)15(19)8-10-3-6-13(17)14(18)7-10/h3-7,9,15H,8,19H2,1-2H3. The lowest BCUT2D eigenvalue weighted by Crippen LogP contribution is -2.14. The van der Waals surface area contributed by atoms with Crippen LogP contribution in [0.1, 0.15) is 17.2 Å². The fraction of sp³-hybridized carbons (Fsp3) is 0.250. The number of benzene rings is 2. The number of halogens is 2. The molecule has 5 heteroatoms. The van der Waals surface area contributed by atoms with E-state index in [0.717, 1.165) is 17.7 Å². The maximum atomic E-state index is 13.2. The Labute approximate surface area is 122 Å². The van der Waals surface area contributed by atoms with E-state index in [-0.39, 0.29) is 0 Å². The van der Waals surface area contributed by atoms with Crippen LogP contribution in [0.3, 0.4) is 0 Å². The molecule has 0 radical (unpaired) electrons. The van der Waals surface area contributed by atoms with Gasteiger partial charge in [-0.05, 0) is 30.2 Å². The third-order valence-electron chi connectivity index (χ3n) is 3.28. The number of nitrogens with two attached hydrogens (primary N) is 1. The first-order chi connectivity index (χ1) is 10.0. The molecule has 0 aliphatic carbocycles. The maximum absolute atomic E-state index is 13.2. The Bertz CT molecular complexity index is 632. The number of hydrogen-bond acceptors (Lipinski definition) is 3. The van der Waals surface area contributed by atoms with Crippen LogP contribution in [0.4, 0.5) is 8.78 Å². The van der Waals surface area contributed by atoms with E-state index in [2.05, 4.69) is 0 Å². The van der Waals surface area contributed by atoms with Gasteiger partial charge in [0.25, 0.3) is 0 Å². The van der Waals surface area contributed by atoms with Gasteiger partial charge in [-0.3, -0.25) is 0 Å². The van der Waals surface area contributed by atoms with Crippen LogP contribution >= 0.6 is 0 Å². The minimum Gasteiger partial charge on any atom is -0.497 e. The Morgan fingerprint density at radius 1 is 1.00 bits per heavy atom. The van der Waals surface area contributed by atoms with Crippen LogP contribution in [0, 0.1) is 11.6 Å². The minimum absolute atomic E-state index is 0.375. The maximum Gasteiger partial charge on any atom is 0.159 e. The first kappa shape index (κ1) is 15.3. The molecule has 0 aromatic heterocycles. The van der Waals surface area contributed by atoms with Gasteiger partial charge in [0.05, 0.1) is 14.2 Å². The summed E-state index contributed by atoms with van der Waals surface area (Å²) in [6, 6.07) is 8.71. The summed E-state index contributed by atoms with van der Waals surface area (Å²) >= 11 is 0. The van der Waals surface area contributed by atoms with E-state index in [1.165, 1.54) is 6.07 Å². The number of hydrogen-bond donors (Lipinski definition) is 1. The van der Waals surface area contributed by atoms with E-state index >= 15 is 0 Å². The van der Waals surface area contributed by atoms with Crippen molar-refractivity contribution < 1.29 is 18.3 Å². The van der Waals surface area contributed by atoms with Gasteiger partial charge in [0.15, 0.2) is 11.6 Å². The van der Waals surface area contributed by atoms with Crippen molar-refractivity contribution in [1.82, 2.24) is 0 Å². The summed E-state index contributed by atoms with van der Waals surface area (Å²) in [5.41, 5.74) is 7.55. The normalized spacial score (nSPS) is 12.0. The summed E-state index contributed by atoms with van der Waals surface area (Å²) in [5.74, 6) is -0.476. The predicted octanol–water partition coefficient (Wildman–Crippen LogP) is 3.22. The van der Waals surface area contributed by atoms with Crippen molar-refractivity contribution in [3.8, 4) is 11.5 Å². The Morgan fingerprint density at radius 2 is 1.76 bits per heavy atom. The lowest BCUT2D eigenvalue weighted by molar-refractivity contribution is 0.388. The van der Waals surface area contributed by atoms with Crippen molar-refractivity contribution in [3.63, 3.8) is 0 Å². The molecule has 0 heterocycles. The molecular weight excluding hydrogens is 276 g/mol. The SMILES string of the molecule is COc1ccc(C(N)Cc2ccc(F)c(F)c2)c(OC)c1. The van der Waals surface area contributed by atoms with E-state index in [4.69, 9.17) is 15.2 Å². The highest BCUT2D eigenvalue weighted by Gasteiger charge is 2.14. The third-order valence-corrected chi connectivity index (χ3v) is 3.28. The van der Waals surface area contributed by atoms with Crippen molar-refractivity contribution in [3.05, 3.63) is 59.2 Å². The minimum atomic E-state index is -0.874. The van der Waals surface area contributed by atoms with Crippen LogP contribution in [0.25, 0.3) is 0 Å². The van der Waals surface area contributed by atoms with Crippen LogP contribution in [-0.2, 0) is 6.42 Å². The second-order valence-electron chi connectivity index (χ2n) is 4.67. The highest BCUT2D eigenvalue weighted by Crippen LogP contribution is 2.30. The fourth-order valence-corrected chi connectivity index (χ4v) is 2.16. The van der Waals surface area contributed by atoms with E-state index in [0.29, 0.717) is 23.5 Å². The van der Waals surface area contributed by atoms with Gasteiger partial charge in [-0.2, -0.15) is 0 Å². The first-order valence-electron chi connectivity index (χ1n) is 6.46. The van der Waals surface area contributed by atoms with Crippen LogP contribution in [-0.4, -0.2) is 14.2 Å². The lowest BCUT2D eigenvalue weighted by Gasteiger charge is -2.17. The van der Waals surface area contributed by atoms with Crippen molar-refractivity contribution in [2.24, 2.45) is 5.73 Å². The largest absolute Gasteiger partial charge is 0.497 e. The van der Waals surface area contributed by atoms with Crippen LogP contribution in [0.5, 0.6) is 11.5 Å². The highest BCUT2D eigenvalue weighted by molar-refractivity contribution is 5.43. The molecule has 2 aromatic rings. The van der Waals surface area contributed by atoms with Crippen LogP contribution < -0.4 is 15.2 Å². The quantitative estimate of drug-likeness (QED) is 0.920. The molecule has 1 atom stereocenters. The number of rotatable bonds is 5. The number of ether oxygens (including phenoxy) is 2. The predicted molar refractivity (Wildman–Crippen MR) is 76.5 cm³/mol. The Kier molecular flexibility index (Phi) is 4.75. The molecule has 3 nitrogen and oxygen atoms in total. The molecule has 0 saturated heterocycles. The molecule has 112 valence electrons. The molecule has 2 aromatic carbocycles. The highest BCUT2D eigenvalue weighted by atomic mass is 19.2. The van der Waals surface area contributed by atoms with Gasteiger partial charge in [0.1, 0.15) is 11.5 Å².